The Kier molecular flexibility index (Phi) is 5.37. The molecular weight excluding hydrogens is 380 g/mol. The van der Waals surface area contributed by atoms with Gasteiger partial charge in [-0.3, -0.25) is 0 Å². The number of ether oxygens (including phenoxy) is 5. The third kappa shape index (κ3) is 4.03. The zero-order valence-electron chi connectivity index (χ0n) is 15.6. The van der Waals surface area contributed by atoms with Gasteiger partial charge in [0.2, 0.25) is 0 Å². The van der Waals surface area contributed by atoms with Gasteiger partial charge in [0.1, 0.15) is 23.7 Å². The predicted molar refractivity (Wildman–Crippen MR) is 99.0 cm³/mol. The Labute approximate surface area is 166 Å². The van der Waals surface area contributed by atoms with Crippen molar-refractivity contribution in [3.63, 3.8) is 0 Å². The molecule has 2 aromatic rings. The van der Waals surface area contributed by atoms with Crippen LogP contribution in [0.5, 0.6) is 11.5 Å². The van der Waals surface area contributed by atoms with Gasteiger partial charge in [0.15, 0.2) is 12.2 Å². The Hall–Kier alpha value is -3.10. The number of phenolic OH excluding ortho intramolecular Hbond substituents is 1. The lowest BCUT2D eigenvalue weighted by Gasteiger charge is -2.17. The second-order valence-corrected chi connectivity index (χ2v) is 6.76. The summed E-state index contributed by atoms with van der Waals surface area (Å²) in [7, 11) is 1.55. The number of aromatic hydroxyl groups is 1. The standard InChI is InChI=1S/C21H20O8/c1-25-15-8-4-13(5-9-15)21(24)29-17-11-27-18-16(10-26-19(17)18)28-20(23)12-2-6-14(22)7-3-12/h2-9,16-19,22H,10-11H2,1H3/t16-,17-,18-,19-/m1/s1. The largest absolute Gasteiger partial charge is 0.508 e. The summed E-state index contributed by atoms with van der Waals surface area (Å²) in [6, 6.07) is 12.3. The maximum atomic E-state index is 12.4. The number of fused-ring (bicyclic) bond motifs is 1. The summed E-state index contributed by atoms with van der Waals surface area (Å²) in [5.74, 6) is -0.328. The maximum Gasteiger partial charge on any atom is 0.338 e. The highest BCUT2D eigenvalue weighted by molar-refractivity contribution is 5.90. The average molecular weight is 400 g/mol. The van der Waals surface area contributed by atoms with Crippen LogP contribution in [0.1, 0.15) is 20.7 Å². The number of rotatable bonds is 5. The molecule has 8 heteroatoms. The first-order chi connectivity index (χ1) is 14.0. The van der Waals surface area contributed by atoms with E-state index in [1.165, 1.54) is 24.3 Å². The van der Waals surface area contributed by atoms with E-state index in [1.54, 1.807) is 31.4 Å². The number of methoxy groups -OCH3 is 1. The molecule has 0 aliphatic carbocycles. The highest BCUT2D eigenvalue weighted by Gasteiger charge is 2.51. The van der Waals surface area contributed by atoms with Crippen LogP contribution in [0.15, 0.2) is 48.5 Å². The highest BCUT2D eigenvalue weighted by Crippen LogP contribution is 2.31. The first kappa shape index (κ1) is 19.2. The Morgan fingerprint density at radius 2 is 1.28 bits per heavy atom. The average Bonchev–Trinajstić information content (AvgIpc) is 3.32. The van der Waals surface area contributed by atoms with Gasteiger partial charge in [0.25, 0.3) is 0 Å². The molecule has 2 saturated heterocycles. The minimum Gasteiger partial charge on any atom is -0.508 e. The van der Waals surface area contributed by atoms with E-state index >= 15 is 0 Å². The quantitative estimate of drug-likeness (QED) is 0.760. The summed E-state index contributed by atoms with van der Waals surface area (Å²) in [6.07, 6.45) is -2.21. The van der Waals surface area contributed by atoms with Crippen molar-refractivity contribution in [2.45, 2.75) is 24.4 Å². The van der Waals surface area contributed by atoms with E-state index in [0.29, 0.717) is 16.9 Å². The van der Waals surface area contributed by atoms with Crippen LogP contribution in [-0.4, -0.2) is 61.8 Å². The Balaban J connectivity index is 1.35. The molecule has 4 rings (SSSR count). The van der Waals surface area contributed by atoms with E-state index in [9.17, 15) is 14.7 Å². The summed E-state index contributed by atoms with van der Waals surface area (Å²) in [5, 5.41) is 9.32. The zero-order chi connectivity index (χ0) is 20.4. The van der Waals surface area contributed by atoms with Crippen LogP contribution in [0.2, 0.25) is 0 Å². The fourth-order valence-electron chi connectivity index (χ4n) is 3.37. The van der Waals surface area contributed by atoms with Crippen molar-refractivity contribution in [1.29, 1.82) is 0 Å². The van der Waals surface area contributed by atoms with Crippen LogP contribution in [0.4, 0.5) is 0 Å². The van der Waals surface area contributed by atoms with E-state index < -0.39 is 36.4 Å². The molecule has 0 unspecified atom stereocenters. The maximum absolute atomic E-state index is 12.4. The van der Waals surface area contributed by atoms with Crippen molar-refractivity contribution in [3.05, 3.63) is 59.7 Å². The van der Waals surface area contributed by atoms with Gasteiger partial charge in [-0.15, -0.1) is 0 Å². The normalized spacial score (nSPS) is 25.3. The van der Waals surface area contributed by atoms with Gasteiger partial charge >= 0.3 is 11.9 Å². The van der Waals surface area contributed by atoms with Gasteiger partial charge in [-0.1, -0.05) is 0 Å². The van der Waals surface area contributed by atoms with E-state index in [-0.39, 0.29) is 19.0 Å². The number of hydrogen-bond acceptors (Lipinski definition) is 8. The van der Waals surface area contributed by atoms with Crippen LogP contribution in [-0.2, 0) is 18.9 Å². The molecule has 2 aliphatic heterocycles. The third-order valence-corrected chi connectivity index (χ3v) is 4.91. The van der Waals surface area contributed by atoms with Crippen LogP contribution in [0, 0.1) is 0 Å². The molecule has 0 amide bonds. The number of benzene rings is 2. The molecule has 29 heavy (non-hydrogen) atoms. The Morgan fingerprint density at radius 1 is 0.828 bits per heavy atom. The van der Waals surface area contributed by atoms with E-state index in [2.05, 4.69) is 0 Å². The molecule has 8 nitrogen and oxygen atoms in total. The van der Waals surface area contributed by atoms with Crippen molar-refractivity contribution in [1.82, 2.24) is 0 Å². The second kappa shape index (κ2) is 8.10. The van der Waals surface area contributed by atoms with Gasteiger partial charge in [-0.2, -0.15) is 0 Å². The molecule has 152 valence electrons. The van der Waals surface area contributed by atoms with E-state index in [0.717, 1.165) is 0 Å². The lowest BCUT2D eigenvalue weighted by atomic mass is 10.1. The molecule has 2 heterocycles. The van der Waals surface area contributed by atoms with Crippen LogP contribution >= 0.6 is 0 Å². The lowest BCUT2D eigenvalue weighted by molar-refractivity contribution is -0.0287. The highest BCUT2D eigenvalue weighted by atomic mass is 16.7. The first-order valence-corrected chi connectivity index (χ1v) is 9.13. The van der Waals surface area contributed by atoms with Crippen molar-refractivity contribution in [3.8, 4) is 11.5 Å². The molecule has 2 fully saturated rings. The molecule has 0 bridgehead atoms. The molecule has 0 saturated carbocycles. The first-order valence-electron chi connectivity index (χ1n) is 9.13. The van der Waals surface area contributed by atoms with Crippen LogP contribution < -0.4 is 4.74 Å². The number of esters is 2. The smallest absolute Gasteiger partial charge is 0.338 e. The number of hydrogen-bond donors (Lipinski definition) is 1. The van der Waals surface area contributed by atoms with Gasteiger partial charge in [-0.05, 0) is 48.5 Å². The van der Waals surface area contributed by atoms with Gasteiger partial charge in [-0.25, -0.2) is 9.59 Å². The molecule has 0 spiro atoms. The van der Waals surface area contributed by atoms with Crippen LogP contribution in [0.3, 0.4) is 0 Å². The topological polar surface area (TPSA) is 101 Å². The summed E-state index contributed by atoms with van der Waals surface area (Å²) < 4.78 is 27.5. The predicted octanol–water partition coefficient (Wildman–Crippen LogP) is 1.95. The van der Waals surface area contributed by atoms with Crippen molar-refractivity contribution in [2.75, 3.05) is 20.3 Å². The molecule has 0 radical (unpaired) electrons. The van der Waals surface area contributed by atoms with Crippen molar-refractivity contribution < 1.29 is 38.4 Å². The van der Waals surface area contributed by atoms with E-state index in [1.807, 2.05) is 0 Å². The number of carbonyl (C=O) groups excluding carboxylic acids is 2. The monoisotopic (exact) mass is 400 g/mol. The second-order valence-electron chi connectivity index (χ2n) is 6.76. The summed E-state index contributed by atoms with van der Waals surface area (Å²) in [6.45, 7) is 0.306. The minimum absolute atomic E-state index is 0.0615. The van der Waals surface area contributed by atoms with Gasteiger partial charge < -0.3 is 28.8 Å². The van der Waals surface area contributed by atoms with Crippen molar-refractivity contribution >= 4 is 11.9 Å². The molecule has 2 aromatic carbocycles. The SMILES string of the molecule is COc1ccc(C(=O)O[C@@H]2CO[C@H]3[C@@H]2OC[C@H]3OC(=O)c2ccc(O)cc2)cc1. The zero-order valence-corrected chi connectivity index (χ0v) is 15.6. The van der Waals surface area contributed by atoms with E-state index in [4.69, 9.17) is 23.7 Å². The lowest BCUT2D eigenvalue weighted by Crippen LogP contribution is -2.36. The Bertz CT molecular complexity index is 877. The fraction of sp³-hybridized carbons (Fsp3) is 0.333. The summed E-state index contributed by atoms with van der Waals surface area (Å²) >= 11 is 0. The Morgan fingerprint density at radius 3 is 1.72 bits per heavy atom. The minimum atomic E-state index is -0.606. The summed E-state index contributed by atoms with van der Waals surface area (Å²) in [5.41, 5.74) is 0.703. The number of carbonyl (C=O) groups is 2. The van der Waals surface area contributed by atoms with Crippen molar-refractivity contribution in [2.24, 2.45) is 0 Å². The third-order valence-electron chi connectivity index (χ3n) is 4.91. The molecule has 4 atom stereocenters. The fourth-order valence-corrected chi connectivity index (χ4v) is 3.37. The van der Waals surface area contributed by atoms with Gasteiger partial charge in [0, 0.05) is 0 Å². The molecule has 1 N–H and O–H groups in total. The molecule has 0 aromatic heterocycles. The summed E-state index contributed by atoms with van der Waals surface area (Å²) in [4.78, 5) is 24.7. The molecule has 2 aliphatic rings. The molecular formula is C21H20O8. The van der Waals surface area contributed by atoms with Gasteiger partial charge in [0.05, 0.1) is 31.5 Å². The number of phenols is 1. The van der Waals surface area contributed by atoms with Crippen LogP contribution in [0.25, 0.3) is 0 Å².